The van der Waals surface area contributed by atoms with Crippen molar-refractivity contribution in [2.24, 2.45) is 0 Å². The number of H-pyrrole nitrogens is 1. The average molecular weight is 363 g/mol. The lowest BCUT2D eigenvalue weighted by molar-refractivity contribution is -0.122. The van der Waals surface area contributed by atoms with Crippen molar-refractivity contribution in [3.8, 4) is 5.75 Å². The normalized spacial score (nSPS) is 17.1. The van der Waals surface area contributed by atoms with Gasteiger partial charge in [0.15, 0.2) is 0 Å². The lowest BCUT2D eigenvalue weighted by atomic mass is 10.1. The van der Waals surface area contributed by atoms with Crippen molar-refractivity contribution in [1.29, 1.82) is 0 Å². The first-order valence-corrected chi connectivity index (χ1v) is 9.47. The summed E-state index contributed by atoms with van der Waals surface area (Å²) in [6.45, 7) is 4.54. The van der Waals surface area contributed by atoms with Gasteiger partial charge in [-0.3, -0.25) is 9.69 Å². The summed E-state index contributed by atoms with van der Waals surface area (Å²) in [5, 5.41) is 4.28. The molecule has 5 nitrogen and oxygen atoms in total. The van der Waals surface area contributed by atoms with E-state index in [1.54, 1.807) is 0 Å². The molecular weight excluding hydrogens is 338 g/mol. The molecule has 0 saturated heterocycles. The zero-order valence-electron chi connectivity index (χ0n) is 15.6. The van der Waals surface area contributed by atoms with Gasteiger partial charge in [0, 0.05) is 42.3 Å². The van der Waals surface area contributed by atoms with E-state index in [-0.39, 0.29) is 12.0 Å². The third-order valence-electron chi connectivity index (χ3n) is 4.97. The van der Waals surface area contributed by atoms with E-state index in [9.17, 15) is 4.79 Å². The number of ether oxygens (including phenoxy) is 1. The fourth-order valence-corrected chi connectivity index (χ4v) is 3.73. The van der Waals surface area contributed by atoms with Gasteiger partial charge in [0.25, 0.3) is 0 Å². The highest BCUT2D eigenvalue weighted by molar-refractivity contribution is 5.83. The number of nitrogens with zero attached hydrogens (tertiary/aromatic N) is 1. The van der Waals surface area contributed by atoms with Crippen LogP contribution in [0.4, 0.5) is 0 Å². The van der Waals surface area contributed by atoms with E-state index in [0.29, 0.717) is 13.1 Å². The van der Waals surface area contributed by atoms with Crippen LogP contribution < -0.4 is 10.1 Å². The van der Waals surface area contributed by atoms with Gasteiger partial charge in [-0.15, -0.1) is 0 Å². The summed E-state index contributed by atoms with van der Waals surface area (Å²) in [7, 11) is 0. The molecule has 0 unspecified atom stereocenters. The number of para-hydroxylation sites is 2. The van der Waals surface area contributed by atoms with Gasteiger partial charge < -0.3 is 15.0 Å². The Morgan fingerprint density at radius 1 is 1.22 bits per heavy atom. The molecule has 0 saturated carbocycles. The van der Waals surface area contributed by atoms with Gasteiger partial charge in [-0.25, -0.2) is 0 Å². The lowest BCUT2D eigenvalue weighted by Crippen LogP contribution is -2.40. The Hall–Kier alpha value is -2.79. The minimum atomic E-state index is 0.0569. The summed E-state index contributed by atoms with van der Waals surface area (Å²) in [6.07, 6.45) is 2.91. The van der Waals surface area contributed by atoms with Crippen LogP contribution in [-0.4, -0.2) is 41.5 Å². The van der Waals surface area contributed by atoms with Crippen LogP contribution in [0.5, 0.6) is 5.75 Å². The number of hydrogen-bond donors (Lipinski definition) is 2. The molecule has 1 atom stereocenters. The molecule has 0 radical (unpaired) electrons. The molecule has 1 aliphatic rings. The van der Waals surface area contributed by atoms with Gasteiger partial charge in [-0.2, -0.15) is 0 Å². The molecule has 1 amide bonds. The summed E-state index contributed by atoms with van der Waals surface area (Å²) >= 11 is 0. The van der Waals surface area contributed by atoms with Crippen molar-refractivity contribution in [3.63, 3.8) is 0 Å². The van der Waals surface area contributed by atoms with Crippen molar-refractivity contribution in [3.05, 3.63) is 65.9 Å². The maximum atomic E-state index is 12.4. The molecule has 5 heteroatoms. The van der Waals surface area contributed by atoms with E-state index in [0.717, 1.165) is 36.3 Å². The second-order valence-electron chi connectivity index (χ2n) is 7.17. The second-order valence-corrected chi connectivity index (χ2v) is 7.17. The molecule has 3 aromatic rings. The zero-order chi connectivity index (χ0) is 18.6. The standard InChI is InChI=1S/C22H25N3O2/c1-16-13-25(14-18-6-2-5-9-21(18)27-16)15-22(26)23-11-10-17-12-24-20-8-4-3-7-19(17)20/h2-9,12,16,24H,10-11,13-15H2,1H3,(H,23,26)/t16-/m1/s1. The van der Waals surface area contributed by atoms with E-state index in [1.165, 1.54) is 10.9 Å². The van der Waals surface area contributed by atoms with Crippen LogP contribution >= 0.6 is 0 Å². The molecule has 140 valence electrons. The van der Waals surface area contributed by atoms with Gasteiger partial charge in [0.1, 0.15) is 11.9 Å². The van der Waals surface area contributed by atoms with E-state index < -0.39 is 0 Å². The van der Waals surface area contributed by atoms with Crippen LogP contribution in [0.2, 0.25) is 0 Å². The Balaban J connectivity index is 1.31. The van der Waals surface area contributed by atoms with Gasteiger partial charge in [0.05, 0.1) is 6.54 Å². The Morgan fingerprint density at radius 2 is 2.04 bits per heavy atom. The van der Waals surface area contributed by atoms with Crippen LogP contribution in [0.3, 0.4) is 0 Å². The third-order valence-corrected chi connectivity index (χ3v) is 4.97. The summed E-state index contributed by atoms with van der Waals surface area (Å²) in [4.78, 5) is 17.9. The van der Waals surface area contributed by atoms with Gasteiger partial charge in [0.2, 0.25) is 5.91 Å². The smallest absolute Gasteiger partial charge is 0.234 e. The number of nitrogens with one attached hydrogen (secondary N) is 2. The summed E-state index contributed by atoms with van der Waals surface area (Å²) in [5.41, 5.74) is 3.50. The predicted octanol–water partition coefficient (Wildman–Crippen LogP) is 3.11. The van der Waals surface area contributed by atoms with Crippen molar-refractivity contribution in [1.82, 2.24) is 15.2 Å². The number of aromatic nitrogens is 1. The first-order valence-electron chi connectivity index (χ1n) is 9.47. The molecule has 2 aromatic carbocycles. The number of hydrogen-bond acceptors (Lipinski definition) is 3. The molecule has 4 rings (SSSR count). The molecular formula is C22H25N3O2. The van der Waals surface area contributed by atoms with Crippen molar-refractivity contribution in [2.45, 2.75) is 26.0 Å². The number of aromatic amines is 1. The van der Waals surface area contributed by atoms with Crippen LogP contribution in [0.15, 0.2) is 54.7 Å². The first-order chi connectivity index (χ1) is 13.2. The molecule has 0 spiro atoms. The summed E-state index contributed by atoms with van der Waals surface area (Å²) in [6, 6.07) is 16.3. The fraction of sp³-hybridized carbons (Fsp3) is 0.318. The van der Waals surface area contributed by atoms with Gasteiger partial charge in [-0.1, -0.05) is 36.4 Å². The second kappa shape index (κ2) is 7.84. The van der Waals surface area contributed by atoms with Crippen LogP contribution in [0.25, 0.3) is 10.9 Å². The minimum Gasteiger partial charge on any atom is -0.489 e. The van der Waals surface area contributed by atoms with E-state index in [1.807, 2.05) is 43.5 Å². The van der Waals surface area contributed by atoms with E-state index in [2.05, 4.69) is 33.4 Å². The van der Waals surface area contributed by atoms with Crippen molar-refractivity contribution < 1.29 is 9.53 Å². The molecule has 0 aliphatic carbocycles. The number of rotatable bonds is 5. The zero-order valence-corrected chi connectivity index (χ0v) is 15.6. The van der Waals surface area contributed by atoms with Crippen molar-refractivity contribution >= 4 is 16.8 Å². The fourth-order valence-electron chi connectivity index (χ4n) is 3.73. The Kier molecular flexibility index (Phi) is 5.12. The third kappa shape index (κ3) is 4.14. The maximum absolute atomic E-state index is 12.4. The highest BCUT2D eigenvalue weighted by atomic mass is 16.5. The highest BCUT2D eigenvalue weighted by Gasteiger charge is 2.21. The SMILES string of the molecule is C[C@@H]1CN(CC(=O)NCCc2c[nH]c3ccccc23)Cc2ccccc2O1. The number of amides is 1. The molecule has 0 fully saturated rings. The Bertz CT molecular complexity index is 934. The topological polar surface area (TPSA) is 57.4 Å². The number of carbonyl (C=O) groups excluding carboxylic acids is 1. The van der Waals surface area contributed by atoms with Crippen LogP contribution in [0.1, 0.15) is 18.1 Å². The Morgan fingerprint density at radius 3 is 2.96 bits per heavy atom. The van der Waals surface area contributed by atoms with Gasteiger partial charge in [-0.05, 0) is 31.0 Å². The summed E-state index contributed by atoms with van der Waals surface area (Å²) in [5.74, 6) is 0.980. The van der Waals surface area contributed by atoms with Crippen LogP contribution in [-0.2, 0) is 17.8 Å². The lowest BCUT2D eigenvalue weighted by Gasteiger charge is -2.21. The van der Waals surface area contributed by atoms with Gasteiger partial charge >= 0.3 is 0 Å². The van der Waals surface area contributed by atoms with E-state index >= 15 is 0 Å². The monoisotopic (exact) mass is 363 g/mol. The number of carbonyl (C=O) groups is 1. The predicted molar refractivity (Wildman–Crippen MR) is 107 cm³/mol. The highest BCUT2D eigenvalue weighted by Crippen LogP contribution is 2.24. The molecule has 2 heterocycles. The minimum absolute atomic E-state index is 0.0569. The molecule has 2 N–H and O–H groups in total. The summed E-state index contributed by atoms with van der Waals surface area (Å²) < 4.78 is 5.96. The quantitative estimate of drug-likeness (QED) is 0.732. The van der Waals surface area contributed by atoms with Crippen LogP contribution in [0, 0.1) is 0 Å². The van der Waals surface area contributed by atoms with E-state index in [4.69, 9.17) is 4.74 Å². The molecule has 1 aromatic heterocycles. The largest absolute Gasteiger partial charge is 0.489 e. The first kappa shape index (κ1) is 17.6. The average Bonchev–Trinajstić information content (AvgIpc) is 2.98. The molecule has 0 bridgehead atoms. The maximum Gasteiger partial charge on any atom is 0.234 e. The number of benzene rings is 2. The van der Waals surface area contributed by atoms with Crippen molar-refractivity contribution in [2.75, 3.05) is 19.6 Å². The number of fused-ring (bicyclic) bond motifs is 2. The molecule has 27 heavy (non-hydrogen) atoms. The Labute approximate surface area is 159 Å². The molecule has 1 aliphatic heterocycles.